The molecule has 2 heterocycles. The molecule has 0 bridgehead atoms. The van der Waals surface area contributed by atoms with Crippen molar-refractivity contribution >= 4 is 67.2 Å². The number of allylic oxidation sites excluding steroid dienone is 4. The quantitative estimate of drug-likeness (QED) is 0.106. The second-order valence-corrected chi connectivity index (χ2v) is 20.1. The molecule has 7 heteroatoms. The Morgan fingerprint density at radius 1 is 0.450 bits per heavy atom. The summed E-state index contributed by atoms with van der Waals surface area (Å²) in [6.45, 7) is 0. The molecule has 0 fully saturated rings. The predicted octanol–water partition coefficient (Wildman–Crippen LogP) is 17.7. The van der Waals surface area contributed by atoms with Crippen molar-refractivity contribution in [3.63, 3.8) is 0 Å². The van der Waals surface area contributed by atoms with Gasteiger partial charge in [0.1, 0.15) is 12.1 Å². The van der Waals surface area contributed by atoms with Gasteiger partial charge < -0.3 is 9.13 Å². The predicted molar refractivity (Wildman–Crippen MR) is 331 cm³/mol. The minimum Gasteiger partial charge on any atom is -0.308 e. The highest BCUT2D eigenvalue weighted by Gasteiger charge is 2.23. The Labute approximate surface area is 464 Å². The zero-order chi connectivity index (χ0) is 53.9. The number of hydrogen-bond donors (Lipinski definition) is 0. The van der Waals surface area contributed by atoms with E-state index in [1.165, 1.54) is 0 Å². The van der Waals surface area contributed by atoms with Crippen molar-refractivity contribution in [3.05, 3.63) is 277 Å². The van der Waals surface area contributed by atoms with Gasteiger partial charge in [0, 0.05) is 51.9 Å². The van der Waals surface area contributed by atoms with E-state index in [2.05, 4.69) is 197 Å². The van der Waals surface area contributed by atoms with Crippen molar-refractivity contribution in [1.82, 2.24) is 9.13 Å². The molecule has 0 saturated heterocycles. The number of fused-ring (bicyclic) bond motifs is 6. The Morgan fingerprint density at radius 3 is 1.31 bits per heavy atom. The van der Waals surface area contributed by atoms with Crippen LogP contribution in [0.2, 0.25) is 0 Å². The van der Waals surface area contributed by atoms with Crippen LogP contribution in [0.15, 0.2) is 275 Å². The fourth-order valence-corrected chi connectivity index (χ4v) is 11.4. The Bertz CT molecular complexity index is 4390. The summed E-state index contributed by atoms with van der Waals surface area (Å²) in [6, 6.07) is 89.1. The normalized spacial score (nSPS) is 14.1. The molecule has 0 amide bonds. The van der Waals surface area contributed by atoms with Crippen LogP contribution in [0.4, 0.5) is 0 Å². The van der Waals surface area contributed by atoms with E-state index in [1.54, 1.807) is 7.05 Å². The molecular formula is C73H51N7. The van der Waals surface area contributed by atoms with Crippen LogP contribution in [-0.2, 0) is 0 Å². The number of nitrogens with zero attached hydrogens (tertiary/aromatic N) is 7. The average Bonchev–Trinajstić information content (AvgIpc) is 4.13. The van der Waals surface area contributed by atoms with Crippen LogP contribution in [0.3, 0.4) is 0 Å². The molecule has 80 heavy (non-hydrogen) atoms. The van der Waals surface area contributed by atoms with E-state index in [0.29, 0.717) is 28.4 Å². The molecule has 1 aliphatic carbocycles. The lowest BCUT2D eigenvalue weighted by Gasteiger charge is -2.13. The molecule has 2 aromatic heterocycles. The zero-order valence-corrected chi connectivity index (χ0v) is 43.9. The van der Waals surface area contributed by atoms with Crippen LogP contribution >= 0.6 is 0 Å². The summed E-state index contributed by atoms with van der Waals surface area (Å²) >= 11 is 0. The summed E-state index contributed by atoms with van der Waals surface area (Å²) < 4.78 is 4.46. The van der Waals surface area contributed by atoms with Crippen LogP contribution in [0.5, 0.6) is 0 Å². The van der Waals surface area contributed by atoms with Gasteiger partial charge in [-0.05, 0) is 124 Å². The third kappa shape index (κ3) is 9.19. The fraction of sp³-hybridized carbons (Fsp3) is 0.0548. The van der Waals surface area contributed by atoms with Gasteiger partial charge in [-0.2, -0.15) is 10.5 Å². The molecule has 7 nitrogen and oxygen atoms in total. The standard InChI is InChI=1S/C73H51N7/c1-76-72(59-34-35-67(61(41-59)47-75)80-70-38-32-57(52-23-11-4-12-24-52)44-64(70)65-45-58(33-39-71(65)80)53-25-13-5-14-26-53)78-73(54-27-15-6-16-28-54)77-48-49-18-17-29-66(60(40-49)46-74)79-68-36-30-55(50-19-7-2-8-20-50)42-62(68)63-43-56(31-37-69(63)79)51-21-9-3-10-22-51/h2-16,19-45,48-49H,17-18H2,1H3/b76-72-,77-48+,78-73-. The van der Waals surface area contributed by atoms with Crippen LogP contribution in [0, 0.1) is 28.6 Å². The maximum atomic E-state index is 11.0. The highest BCUT2D eigenvalue weighted by atomic mass is 15.0. The van der Waals surface area contributed by atoms with E-state index in [9.17, 15) is 10.5 Å². The number of amidine groups is 2. The number of aromatic nitrogens is 2. The Morgan fingerprint density at radius 2 is 0.887 bits per heavy atom. The van der Waals surface area contributed by atoms with Crippen LogP contribution in [0.25, 0.3) is 99.5 Å². The lowest BCUT2D eigenvalue weighted by atomic mass is 10.0. The molecule has 1 aliphatic rings. The summed E-state index contributed by atoms with van der Waals surface area (Å²) in [5.41, 5.74) is 17.3. The first-order valence-corrected chi connectivity index (χ1v) is 26.9. The van der Waals surface area contributed by atoms with E-state index in [4.69, 9.17) is 15.0 Å². The van der Waals surface area contributed by atoms with E-state index >= 15 is 0 Å². The third-order valence-corrected chi connectivity index (χ3v) is 15.3. The monoisotopic (exact) mass is 1030 g/mol. The third-order valence-electron chi connectivity index (χ3n) is 15.3. The van der Waals surface area contributed by atoms with Gasteiger partial charge in [-0.1, -0.05) is 188 Å². The molecule has 0 spiro atoms. The van der Waals surface area contributed by atoms with Gasteiger partial charge in [0.05, 0.1) is 44.6 Å². The molecule has 0 N–H and O–H groups in total. The number of hydrogen-bond acceptors (Lipinski definition) is 3. The fourth-order valence-electron chi connectivity index (χ4n) is 11.4. The molecule has 0 aliphatic heterocycles. The van der Waals surface area contributed by atoms with Gasteiger partial charge >= 0.3 is 0 Å². The Balaban J connectivity index is 0.858. The zero-order valence-electron chi connectivity index (χ0n) is 43.9. The Hall–Kier alpha value is -10.7. The highest BCUT2D eigenvalue weighted by molar-refractivity contribution is 6.16. The lowest BCUT2D eigenvalue weighted by Crippen LogP contribution is -2.08. The van der Waals surface area contributed by atoms with Crippen molar-refractivity contribution in [1.29, 1.82) is 10.5 Å². The maximum Gasteiger partial charge on any atom is 0.161 e. The van der Waals surface area contributed by atoms with Gasteiger partial charge in [-0.3, -0.25) is 4.99 Å². The minimum absolute atomic E-state index is 0.181. The second kappa shape index (κ2) is 21.4. The molecule has 1 atom stereocenters. The van der Waals surface area contributed by atoms with E-state index < -0.39 is 0 Å². The molecule has 13 rings (SSSR count). The first-order chi connectivity index (χ1) is 39.5. The van der Waals surface area contributed by atoms with Crippen molar-refractivity contribution in [2.24, 2.45) is 20.9 Å². The van der Waals surface area contributed by atoms with Crippen molar-refractivity contribution in [2.75, 3.05) is 7.05 Å². The van der Waals surface area contributed by atoms with Gasteiger partial charge in [0.25, 0.3) is 0 Å². The largest absolute Gasteiger partial charge is 0.308 e. The Kier molecular flexibility index (Phi) is 13.1. The van der Waals surface area contributed by atoms with Crippen molar-refractivity contribution < 1.29 is 0 Å². The van der Waals surface area contributed by atoms with Crippen molar-refractivity contribution in [2.45, 2.75) is 12.8 Å². The summed E-state index contributed by atoms with van der Waals surface area (Å²) in [5, 5.41) is 26.4. The molecule has 12 aromatic rings. The molecule has 0 saturated carbocycles. The van der Waals surface area contributed by atoms with Gasteiger partial charge in [-0.15, -0.1) is 0 Å². The first-order valence-electron chi connectivity index (χ1n) is 26.9. The van der Waals surface area contributed by atoms with Crippen molar-refractivity contribution in [3.8, 4) is 62.3 Å². The average molecular weight is 1030 g/mol. The molecule has 10 aromatic carbocycles. The smallest absolute Gasteiger partial charge is 0.161 e. The summed E-state index contributed by atoms with van der Waals surface area (Å²) in [7, 11) is 1.72. The first kappa shape index (κ1) is 48.9. The molecule has 378 valence electrons. The number of rotatable bonds is 9. The SMILES string of the molecule is C\N=C(/N=C(\N=C\C1C=C(C#N)C(n2c3ccc(-c4ccccc4)cc3c3cc(-c4ccccc4)ccc32)=CCC1)c1ccccc1)c1ccc(-n2c3ccc(-c4ccccc4)cc3c3cc(-c4ccccc4)ccc32)c(C#N)c1. The topological polar surface area (TPSA) is 94.5 Å². The number of benzene rings is 10. The van der Waals surface area contributed by atoms with E-state index in [0.717, 1.165) is 118 Å². The van der Waals surface area contributed by atoms with Crippen LogP contribution in [-0.4, -0.2) is 34.1 Å². The second-order valence-electron chi connectivity index (χ2n) is 20.1. The van der Waals surface area contributed by atoms with Gasteiger partial charge in [0.2, 0.25) is 0 Å². The summed E-state index contributed by atoms with van der Waals surface area (Å²) in [6.07, 6.45) is 7.61. The van der Waals surface area contributed by atoms with E-state index in [1.807, 2.05) is 85.1 Å². The van der Waals surface area contributed by atoms with E-state index in [-0.39, 0.29) is 5.92 Å². The summed E-state index contributed by atoms with van der Waals surface area (Å²) in [4.78, 5) is 15.0. The molecule has 0 radical (unpaired) electrons. The number of nitriles is 2. The molecular weight excluding hydrogens is 975 g/mol. The van der Waals surface area contributed by atoms with Gasteiger partial charge in [-0.25, -0.2) is 9.98 Å². The number of aliphatic imine (C=N–C) groups is 3. The highest BCUT2D eigenvalue weighted by Crippen LogP contribution is 2.41. The molecule has 1 unspecified atom stereocenters. The minimum atomic E-state index is -0.181. The maximum absolute atomic E-state index is 11.0. The lowest BCUT2D eigenvalue weighted by molar-refractivity contribution is 0.774. The summed E-state index contributed by atoms with van der Waals surface area (Å²) in [5.74, 6) is 0.719. The van der Waals surface area contributed by atoms with Gasteiger partial charge in [0.15, 0.2) is 11.7 Å². The van der Waals surface area contributed by atoms with Crippen LogP contribution < -0.4 is 0 Å². The van der Waals surface area contributed by atoms with Crippen LogP contribution in [0.1, 0.15) is 29.5 Å².